The van der Waals surface area contributed by atoms with Crippen molar-refractivity contribution in [3.8, 4) is 0 Å². The first-order valence-corrected chi connectivity index (χ1v) is 5.80. The van der Waals surface area contributed by atoms with E-state index < -0.39 is 0 Å². The third-order valence-electron chi connectivity index (χ3n) is 2.90. The van der Waals surface area contributed by atoms with E-state index in [1.165, 1.54) is 0 Å². The van der Waals surface area contributed by atoms with Gasteiger partial charge in [-0.2, -0.15) is 0 Å². The van der Waals surface area contributed by atoms with Gasteiger partial charge in [0.1, 0.15) is 0 Å². The number of benzene rings is 1. The molecule has 0 fully saturated rings. The lowest BCUT2D eigenvalue weighted by molar-refractivity contribution is -0.385. The molecule has 0 atom stereocenters. The molecule has 0 aliphatic carbocycles. The van der Waals surface area contributed by atoms with Gasteiger partial charge in [-0.25, -0.2) is 0 Å². The van der Waals surface area contributed by atoms with Crippen LogP contribution in [-0.4, -0.2) is 10.0 Å². The molecule has 0 amide bonds. The summed E-state index contributed by atoms with van der Waals surface area (Å²) in [6.45, 7) is 7.68. The van der Waals surface area contributed by atoms with Crippen molar-refractivity contribution in [2.24, 2.45) is 0 Å². The average Bonchev–Trinajstić information content (AvgIpc) is 2.26. The summed E-state index contributed by atoms with van der Waals surface area (Å²) in [5, 5.41) is 20.4. The van der Waals surface area contributed by atoms with Gasteiger partial charge >= 0.3 is 0 Å². The van der Waals surface area contributed by atoms with Gasteiger partial charge in [0.15, 0.2) is 0 Å². The van der Waals surface area contributed by atoms with Crippen LogP contribution in [0.5, 0.6) is 0 Å². The zero-order chi connectivity index (χ0) is 13.2. The summed E-state index contributed by atoms with van der Waals surface area (Å²) in [4.78, 5) is 10.7. The Hall–Kier alpha value is -1.42. The Labute approximate surface area is 101 Å². The molecule has 0 bridgehead atoms. The van der Waals surface area contributed by atoms with E-state index in [4.69, 9.17) is 0 Å². The van der Waals surface area contributed by atoms with Crippen LogP contribution in [0, 0.1) is 10.1 Å². The summed E-state index contributed by atoms with van der Waals surface area (Å²) < 4.78 is 0. The summed E-state index contributed by atoms with van der Waals surface area (Å²) in [6.07, 6.45) is 0. The van der Waals surface area contributed by atoms with Gasteiger partial charge in [-0.05, 0) is 29.0 Å². The number of hydrogen-bond donors (Lipinski definition) is 1. The van der Waals surface area contributed by atoms with Gasteiger partial charge in [0.05, 0.1) is 11.5 Å². The molecule has 0 aromatic heterocycles. The van der Waals surface area contributed by atoms with E-state index in [0.29, 0.717) is 5.56 Å². The smallest absolute Gasteiger partial charge is 0.273 e. The van der Waals surface area contributed by atoms with Crippen molar-refractivity contribution in [2.75, 3.05) is 0 Å². The van der Waals surface area contributed by atoms with E-state index in [-0.39, 0.29) is 29.1 Å². The Morgan fingerprint density at radius 3 is 2.06 bits per heavy atom. The van der Waals surface area contributed by atoms with E-state index in [1.807, 2.05) is 27.7 Å². The van der Waals surface area contributed by atoms with Gasteiger partial charge in [-0.1, -0.05) is 27.7 Å². The molecule has 4 nitrogen and oxygen atoms in total. The Bertz CT molecular complexity index is 425. The fourth-order valence-electron chi connectivity index (χ4n) is 1.96. The van der Waals surface area contributed by atoms with Crippen LogP contribution in [-0.2, 0) is 6.61 Å². The third-order valence-corrected chi connectivity index (χ3v) is 2.90. The Balaban J connectivity index is 3.48. The largest absolute Gasteiger partial charge is 0.392 e. The van der Waals surface area contributed by atoms with E-state index in [0.717, 1.165) is 11.1 Å². The quantitative estimate of drug-likeness (QED) is 0.645. The molecule has 1 N–H and O–H groups in total. The molecule has 0 spiro atoms. The number of aliphatic hydroxyl groups excluding tert-OH is 1. The van der Waals surface area contributed by atoms with Crippen LogP contribution in [0.4, 0.5) is 5.69 Å². The molecular weight excluding hydrogens is 218 g/mol. The van der Waals surface area contributed by atoms with Crippen LogP contribution in [0.25, 0.3) is 0 Å². The highest BCUT2D eigenvalue weighted by atomic mass is 16.6. The van der Waals surface area contributed by atoms with Crippen molar-refractivity contribution in [1.82, 2.24) is 0 Å². The Morgan fingerprint density at radius 1 is 1.18 bits per heavy atom. The summed E-state index contributed by atoms with van der Waals surface area (Å²) in [5.74, 6) is 0.235. The molecule has 0 aliphatic heterocycles. The molecule has 4 heteroatoms. The molecule has 94 valence electrons. The van der Waals surface area contributed by atoms with Crippen LogP contribution in [0.1, 0.15) is 56.2 Å². The molecule has 1 rings (SSSR count). The van der Waals surface area contributed by atoms with E-state index >= 15 is 0 Å². The van der Waals surface area contributed by atoms with Gasteiger partial charge in [0, 0.05) is 11.6 Å². The summed E-state index contributed by atoms with van der Waals surface area (Å²) in [7, 11) is 0. The zero-order valence-electron chi connectivity index (χ0n) is 10.7. The van der Waals surface area contributed by atoms with Gasteiger partial charge in [0.2, 0.25) is 0 Å². The maximum Gasteiger partial charge on any atom is 0.273 e. The van der Waals surface area contributed by atoms with Crippen LogP contribution in [0.3, 0.4) is 0 Å². The molecule has 0 aliphatic rings. The minimum absolute atomic E-state index is 0.0712. The van der Waals surface area contributed by atoms with E-state index in [9.17, 15) is 15.2 Å². The molecule has 0 saturated carbocycles. The SMILES string of the molecule is CC(C)c1cc([N+](=O)[O-])c(C(C)C)cc1CO. The van der Waals surface area contributed by atoms with Crippen molar-refractivity contribution in [1.29, 1.82) is 0 Å². The topological polar surface area (TPSA) is 63.4 Å². The number of hydrogen-bond acceptors (Lipinski definition) is 3. The van der Waals surface area contributed by atoms with Crippen molar-refractivity contribution >= 4 is 5.69 Å². The van der Waals surface area contributed by atoms with Crippen molar-refractivity contribution in [3.63, 3.8) is 0 Å². The third kappa shape index (κ3) is 2.82. The highest BCUT2D eigenvalue weighted by Gasteiger charge is 2.20. The first-order valence-electron chi connectivity index (χ1n) is 5.80. The summed E-state index contributed by atoms with van der Waals surface area (Å²) >= 11 is 0. The molecule has 1 aromatic carbocycles. The van der Waals surface area contributed by atoms with E-state index in [1.54, 1.807) is 12.1 Å². The first kappa shape index (κ1) is 13.6. The van der Waals surface area contributed by atoms with Crippen molar-refractivity contribution in [3.05, 3.63) is 38.9 Å². The molecule has 1 aromatic rings. The predicted octanol–water partition coefficient (Wildman–Crippen LogP) is 3.33. The molecular formula is C13H19NO3. The number of rotatable bonds is 4. The minimum Gasteiger partial charge on any atom is -0.392 e. The van der Waals surface area contributed by atoms with Crippen molar-refractivity contribution in [2.45, 2.75) is 46.1 Å². The standard InChI is InChI=1S/C13H19NO3/c1-8(2)11-6-13(14(16)17)12(9(3)4)5-10(11)7-15/h5-6,8-9,15H,7H2,1-4H3. The predicted molar refractivity (Wildman–Crippen MR) is 67.2 cm³/mol. The fourth-order valence-corrected chi connectivity index (χ4v) is 1.96. The van der Waals surface area contributed by atoms with Crippen LogP contribution in [0.15, 0.2) is 12.1 Å². The number of nitro groups is 1. The highest BCUT2D eigenvalue weighted by Crippen LogP contribution is 2.32. The second-order valence-corrected chi connectivity index (χ2v) is 4.83. The number of nitro benzene ring substituents is 1. The van der Waals surface area contributed by atoms with Gasteiger partial charge < -0.3 is 5.11 Å². The van der Waals surface area contributed by atoms with Gasteiger partial charge in [-0.15, -0.1) is 0 Å². The minimum atomic E-state index is -0.345. The van der Waals surface area contributed by atoms with Crippen LogP contribution >= 0.6 is 0 Å². The molecule has 0 saturated heterocycles. The van der Waals surface area contributed by atoms with Crippen molar-refractivity contribution < 1.29 is 10.0 Å². The monoisotopic (exact) mass is 237 g/mol. The lowest BCUT2D eigenvalue weighted by Gasteiger charge is -2.15. The maximum absolute atomic E-state index is 11.0. The highest BCUT2D eigenvalue weighted by molar-refractivity contribution is 5.49. The normalized spacial score (nSPS) is 11.2. The second-order valence-electron chi connectivity index (χ2n) is 4.83. The Kier molecular flexibility index (Phi) is 4.23. The fraction of sp³-hybridized carbons (Fsp3) is 0.538. The molecule has 0 heterocycles. The van der Waals surface area contributed by atoms with Gasteiger partial charge in [-0.3, -0.25) is 10.1 Å². The Morgan fingerprint density at radius 2 is 1.71 bits per heavy atom. The number of aliphatic hydroxyl groups is 1. The maximum atomic E-state index is 11.0. The van der Waals surface area contributed by atoms with Crippen LogP contribution < -0.4 is 0 Å². The summed E-state index contributed by atoms with van der Waals surface area (Å²) in [5.41, 5.74) is 2.47. The second kappa shape index (κ2) is 5.27. The summed E-state index contributed by atoms with van der Waals surface area (Å²) in [6, 6.07) is 3.36. The molecule has 17 heavy (non-hydrogen) atoms. The lowest BCUT2D eigenvalue weighted by Crippen LogP contribution is -2.04. The van der Waals surface area contributed by atoms with Gasteiger partial charge in [0.25, 0.3) is 5.69 Å². The molecule has 0 unspecified atom stereocenters. The van der Waals surface area contributed by atoms with E-state index in [2.05, 4.69) is 0 Å². The first-order chi connectivity index (χ1) is 7.88. The lowest BCUT2D eigenvalue weighted by atomic mass is 9.91. The number of nitrogens with zero attached hydrogens (tertiary/aromatic N) is 1. The average molecular weight is 237 g/mol. The zero-order valence-corrected chi connectivity index (χ0v) is 10.7. The molecule has 0 radical (unpaired) electrons. The van der Waals surface area contributed by atoms with Crippen LogP contribution in [0.2, 0.25) is 0 Å².